The molecule has 0 aliphatic heterocycles. The van der Waals surface area contributed by atoms with E-state index in [1.165, 1.54) is 32.7 Å². The Balaban J connectivity index is 1.53. The van der Waals surface area contributed by atoms with Gasteiger partial charge in [-0.25, -0.2) is 0 Å². The fraction of sp³-hybridized carbons (Fsp3) is 0. The lowest BCUT2D eigenvalue weighted by molar-refractivity contribution is 0.618. The molecule has 2 heteroatoms. The molecule has 0 spiro atoms. The van der Waals surface area contributed by atoms with Gasteiger partial charge in [-0.15, -0.1) is 0 Å². The van der Waals surface area contributed by atoms with E-state index in [0.29, 0.717) is 0 Å². The summed E-state index contributed by atoms with van der Waals surface area (Å²) in [6.45, 7) is 0. The summed E-state index contributed by atoms with van der Waals surface area (Å²) in [6, 6.07) is 49.2. The van der Waals surface area contributed by atoms with Gasteiger partial charge in [0, 0.05) is 32.8 Å². The molecular formula is C40H24O2. The maximum absolute atomic E-state index is 6.59. The molecule has 0 N–H and O–H groups in total. The highest BCUT2D eigenvalue weighted by atomic mass is 16.3. The highest BCUT2D eigenvalue weighted by Gasteiger charge is 2.25. The number of hydrogen-bond acceptors (Lipinski definition) is 2. The highest BCUT2D eigenvalue weighted by Crippen LogP contribution is 2.50. The highest BCUT2D eigenvalue weighted by molar-refractivity contribution is 6.30. The fourth-order valence-corrected chi connectivity index (χ4v) is 6.77. The smallest absolute Gasteiger partial charge is 0.143 e. The van der Waals surface area contributed by atoms with Crippen LogP contribution in [0.1, 0.15) is 0 Å². The molecule has 0 radical (unpaired) electrons. The van der Waals surface area contributed by atoms with Gasteiger partial charge in [0.15, 0.2) is 0 Å². The summed E-state index contributed by atoms with van der Waals surface area (Å²) < 4.78 is 13.1. The van der Waals surface area contributed by atoms with Gasteiger partial charge >= 0.3 is 0 Å². The Morgan fingerprint density at radius 2 is 0.905 bits per heavy atom. The largest absolute Gasteiger partial charge is 0.463 e. The van der Waals surface area contributed by atoms with Gasteiger partial charge in [-0.2, -0.15) is 0 Å². The molecule has 0 amide bonds. The summed E-state index contributed by atoms with van der Waals surface area (Å²) >= 11 is 0. The van der Waals surface area contributed by atoms with Crippen LogP contribution in [0, 0.1) is 0 Å². The van der Waals surface area contributed by atoms with Crippen molar-refractivity contribution in [1.29, 1.82) is 0 Å². The van der Waals surface area contributed by atoms with E-state index in [1.54, 1.807) is 0 Å². The van der Waals surface area contributed by atoms with Gasteiger partial charge in [0.1, 0.15) is 16.7 Å². The van der Waals surface area contributed by atoms with E-state index in [-0.39, 0.29) is 0 Å². The van der Waals surface area contributed by atoms with Crippen LogP contribution in [0.4, 0.5) is 0 Å². The molecule has 2 aromatic heterocycles. The van der Waals surface area contributed by atoms with E-state index < -0.39 is 0 Å². The van der Waals surface area contributed by atoms with Crippen LogP contribution in [0.15, 0.2) is 155 Å². The zero-order chi connectivity index (χ0) is 27.6. The Morgan fingerprint density at radius 3 is 1.55 bits per heavy atom. The van der Waals surface area contributed by atoms with Gasteiger partial charge < -0.3 is 8.83 Å². The summed E-state index contributed by atoms with van der Waals surface area (Å²) in [5.41, 5.74) is 9.47. The summed E-state index contributed by atoms with van der Waals surface area (Å²) in [6.07, 6.45) is 1.90. The molecule has 0 aliphatic rings. The van der Waals surface area contributed by atoms with E-state index >= 15 is 0 Å². The van der Waals surface area contributed by atoms with Crippen LogP contribution in [0.25, 0.3) is 87.8 Å². The minimum Gasteiger partial charge on any atom is -0.463 e. The second kappa shape index (κ2) is 8.95. The Bertz CT molecular complexity index is 2390. The van der Waals surface area contributed by atoms with Crippen molar-refractivity contribution in [2.45, 2.75) is 0 Å². The predicted molar refractivity (Wildman–Crippen MR) is 175 cm³/mol. The molecule has 7 aromatic carbocycles. The maximum atomic E-state index is 6.59. The molecule has 2 nitrogen and oxygen atoms in total. The zero-order valence-electron chi connectivity index (χ0n) is 22.7. The summed E-state index contributed by atoms with van der Waals surface area (Å²) in [7, 11) is 0. The van der Waals surface area contributed by atoms with Crippen LogP contribution >= 0.6 is 0 Å². The third-order valence-electron chi connectivity index (χ3n) is 8.53. The Kier molecular flexibility index (Phi) is 4.93. The monoisotopic (exact) mass is 536 g/mol. The minimum absolute atomic E-state index is 0.859. The van der Waals surface area contributed by atoms with Crippen LogP contribution in [0.3, 0.4) is 0 Å². The third kappa shape index (κ3) is 3.27. The average molecular weight is 537 g/mol. The van der Waals surface area contributed by atoms with Crippen molar-refractivity contribution >= 4 is 54.5 Å². The lowest BCUT2D eigenvalue weighted by Crippen LogP contribution is -1.92. The van der Waals surface area contributed by atoms with Crippen molar-refractivity contribution < 1.29 is 8.83 Å². The van der Waals surface area contributed by atoms with Crippen molar-refractivity contribution in [2.24, 2.45) is 0 Å². The maximum Gasteiger partial charge on any atom is 0.143 e. The first-order chi connectivity index (χ1) is 20.9. The van der Waals surface area contributed by atoms with Crippen LogP contribution in [0.5, 0.6) is 0 Å². The number of rotatable bonds is 3. The number of hydrogen-bond donors (Lipinski definition) is 0. The van der Waals surface area contributed by atoms with Gasteiger partial charge in [0.05, 0.1) is 6.26 Å². The second-order valence-corrected chi connectivity index (χ2v) is 10.8. The molecular weight excluding hydrogens is 512 g/mol. The first-order valence-electron chi connectivity index (χ1n) is 14.3. The van der Waals surface area contributed by atoms with Crippen LogP contribution in [0.2, 0.25) is 0 Å². The third-order valence-corrected chi connectivity index (χ3v) is 8.53. The Morgan fingerprint density at radius 1 is 0.381 bits per heavy atom. The molecule has 0 fully saturated rings. The standard InChI is InChI=1S/C40H24O2/c1-3-13-25(14-4-1)33-24-41-40-32(33)23-35-38(31-21-11-12-22-34(31)42-35)39(40)37-29-19-9-7-17-27(29)36(26-15-5-2-6-16-26)28-18-8-10-20-30(28)37/h1-24H. The topological polar surface area (TPSA) is 26.3 Å². The number of fused-ring (bicyclic) bond motifs is 6. The fourth-order valence-electron chi connectivity index (χ4n) is 6.77. The van der Waals surface area contributed by atoms with Gasteiger partial charge in [0.2, 0.25) is 0 Å². The lowest BCUT2D eigenvalue weighted by Gasteiger charge is -2.18. The van der Waals surface area contributed by atoms with Crippen molar-refractivity contribution in [1.82, 2.24) is 0 Å². The minimum atomic E-state index is 0.859. The quantitative estimate of drug-likeness (QED) is 0.210. The molecule has 42 heavy (non-hydrogen) atoms. The van der Waals surface area contributed by atoms with Crippen molar-refractivity contribution in [3.05, 3.63) is 146 Å². The Labute approximate surface area is 242 Å². The molecule has 0 saturated carbocycles. The molecule has 9 aromatic rings. The van der Waals surface area contributed by atoms with Crippen LogP contribution in [-0.4, -0.2) is 0 Å². The molecule has 9 rings (SSSR count). The molecule has 0 unspecified atom stereocenters. The van der Waals surface area contributed by atoms with Crippen molar-refractivity contribution in [3.63, 3.8) is 0 Å². The molecule has 0 saturated heterocycles. The molecule has 196 valence electrons. The van der Waals surface area contributed by atoms with E-state index in [0.717, 1.165) is 55.2 Å². The lowest BCUT2D eigenvalue weighted by atomic mass is 9.84. The Hall–Kier alpha value is -5.60. The summed E-state index contributed by atoms with van der Waals surface area (Å²) in [5.74, 6) is 0. The van der Waals surface area contributed by atoms with Crippen molar-refractivity contribution in [2.75, 3.05) is 0 Å². The summed E-state index contributed by atoms with van der Waals surface area (Å²) in [5, 5.41) is 8.01. The normalized spacial score (nSPS) is 11.8. The van der Waals surface area contributed by atoms with Gasteiger partial charge in [-0.3, -0.25) is 0 Å². The number of furan rings is 2. The van der Waals surface area contributed by atoms with Gasteiger partial charge in [0.25, 0.3) is 0 Å². The predicted octanol–water partition coefficient (Wildman–Crippen LogP) is 11.6. The first kappa shape index (κ1) is 23.1. The summed E-state index contributed by atoms with van der Waals surface area (Å²) in [4.78, 5) is 0. The average Bonchev–Trinajstić information content (AvgIpc) is 3.65. The van der Waals surface area contributed by atoms with E-state index in [4.69, 9.17) is 8.83 Å². The second-order valence-electron chi connectivity index (χ2n) is 10.8. The number of benzene rings is 7. The van der Waals surface area contributed by atoms with E-state index in [9.17, 15) is 0 Å². The molecule has 2 heterocycles. The SMILES string of the molecule is c1ccc(-c2c3ccccc3c(-c3c4occ(-c5ccccc5)c4cc4oc5ccccc5c34)c3ccccc23)cc1. The molecule has 0 atom stereocenters. The van der Waals surface area contributed by atoms with Crippen LogP contribution in [-0.2, 0) is 0 Å². The van der Waals surface area contributed by atoms with Gasteiger partial charge in [-0.1, -0.05) is 127 Å². The first-order valence-corrected chi connectivity index (χ1v) is 14.3. The molecule has 0 bridgehead atoms. The van der Waals surface area contributed by atoms with Crippen molar-refractivity contribution in [3.8, 4) is 33.4 Å². The molecule has 0 aliphatic carbocycles. The van der Waals surface area contributed by atoms with Crippen LogP contribution < -0.4 is 0 Å². The zero-order valence-corrected chi connectivity index (χ0v) is 22.7. The van der Waals surface area contributed by atoms with E-state index in [2.05, 4.69) is 121 Å². The van der Waals surface area contributed by atoms with Gasteiger partial charge in [-0.05, 0) is 50.4 Å². The number of para-hydroxylation sites is 1. The van der Waals surface area contributed by atoms with E-state index in [1.807, 2.05) is 24.5 Å².